The Morgan fingerprint density at radius 3 is 2.58 bits per heavy atom. The van der Waals surface area contributed by atoms with Crippen LogP contribution in [-0.4, -0.2) is 42.8 Å². The van der Waals surface area contributed by atoms with Gasteiger partial charge in [0, 0.05) is 13.1 Å². The van der Waals surface area contributed by atoms with E-state index in [0.29, 0.717) is 22.8 Å². The van der Waals surface area contributed by atoms with Crippen LogP contribution < -0.4 is 4.90 Å². The smallest absolute Gasteiger partial charge is 0.299 e. The number of likely N-dealkylation sites (tertiary alicyclic amines) is 1. The lowest BCUT2D eigenvalue weighted by molar-refractivity contribution is -0.114. The van der Waals surface area contributed by atoms with E-state index in [-0.39, 0.29) is 0 Å². The summed E-state index contributed by atoms with van der Waals surface area (Å²) in [5.74, 6) is -0.940. The zero-order valence-electron chi connectivity index (χ0n) is 10.6. The number of hydrogen-bond acceptors (Lipinski definition) is 3. The summed E-state index contributed by atoms with van der Waals surface area (Å²) in [4.78, 5) is 27.8. The second-order valence-electron chi connectivity index (χ2n) is 4.97. The lowest BCUT2D eigenvalue weighted by Gasteiger charge is -2.21. The van der Waals surface area contributed by atoms with Crippen LogP contribution in [0.5, 0.6) is 0 Å². The molecule has 1 amide bonds. The number of anilines is 1. The molecule has 2 heterocycles. The largest absolute Gasteiger partial charge is 0.303 e. The Hall–Kier alpha value is -1.39. The zero-order valence-corrected chi connectivity index (χ0v) is 11.3. The summed E-state index contributed by atoms with van der Waals surface area (Å²) in [5, 5.41) is 0.361. The maximum absolute atomic E-state index is 12.0. The summed E-state index contributed by atoms with van der Waals surface area (Å²) in [5.41, 5.74) is 1.01. The van der Waals surface area contributed by atoms with E-state index in [1.807, 2.05) is 0 Å². The van der Waals surface area contributed by atoms with Crippen molar-refractivity contribution in [2.45, 2.75) is 12.8 Å². The van der Waals surface area contributed by atoms with Crippen LogP contribution in [0.1, 0.15) is 23.2 Å². The van der Waals surface area contributed by atoms with Crippen LogP contribution in [0.3, 0.4) is 0 Å². The van der Waals surface area contributed by atoms with Crippen LogP contribution in [0.4, 0.5) is 5.69 Å². The van der Waals surface area contributed by atoms with Crippen molar-refractivity contribution in [3.8, 4) is 0 Å². The van der Waals surface area contributed by atoms with Crippen LogP contribution in [0.15, 0.2) is 18.2 Å². The Bertz CT molecular complexity index is 538. The van der Waals surface area contributed by atoms with Gasteiger partial charge in [0.1, 0.15) is 0 Å². The maximum atomic E-state index is 12.0. The molecule has 0 N–H and O–H groups in total. The molecule has 0 aromatic heterocycles. The molecular weight excluding hydrogens is 264 g/mol. The van der Waals surface area contributed by atoms with Gasteiger partial charge in [0.15, 0.2) is 0 Å². The molecule has 0 radical (unpaired) electrons. The van der Waals surface area contributed by atoms with Gasteiger partial charge in [0.2, 0.25) is 0 Å². The molecule has 2 aliphatic rings. The molecule has 1 fully saturated rings. The quantitative estimate of drug-likeness (QED) is 0.794. The van der Waals surface area contributed by atoms with Crippen LogP contribution in [0, 0.1) is 0 Å². The third-order valence-corrected chi connectivity index (χ3v) is 4.10. The van der Waals surface area contributed by atoms with Gasteiger partial charge in [-0.3, -0.25) is 9.59 Å². The summed E-state index contributed by atoms with van der Waals surface area (Å²) < 4.78 is 0. The number of Topliss-reactive ketones (excluding diaryl/α,β-unsaturated/α-hetero) is 1. The van der Waals surface area contributed by atoms with E-state index in [1.165, 1.54) is 12.8 Å². The zero-order chi connectivity index (χ0) is 13.4. The van der Waals surface area contributed by atoms with E-state index >= 15 is 0 Å². The molecule has 1 aromatic rings. The minimum Gasteiger partial charge on any atom is -0.303 e. The SMILES string of the molecule is O=C1C(=O)N(CCN2CCCC2)c2cccc(Cl)c21. The molecule has 0 bridgehead atoms. The molecule has 0 spiro atoms. The highest BCUT2D eigenvalue weighted by atomic mass is 35.5. The van der Waals surface area contributed by atoms with E-state index in [1.54, 1.807) is 23.1 Å². The third-order valence-electron chi connectivity index (χ3n) is 3.79. The first kappa shape index (κ1) is 12.6. The molecule has 1 saturated heterocycles. The van der Waals surface area contributed by atoms with Crippen LogP contribution >= 0.6 is 11.6 Å². The number of fused-ring (bicyclic) bond motifs is 1. The monoisotopic (exact) mass is 278 g/mol. The van der Waals surface area contributed by atoms with Crippen molar-refractivity contribution in [3.05, 3.63) is 28.8 Å². The molecular formula is C14H15ClN2O2. The van der Waals surface area contributed by atoms with E-state index < -0.39 is 11.7 Å². The fraction of sp³-hybridized carbons (Fsp3) is 0.429. The van der Waals surface area contributed by atoms with E-state index in [0.717, 1.165) is 19.6 Å². The summed E-state index contributed by atoms with van der Waals surface area (Å²) in [7, 11) is 0. The second kappa shape index (κ2) is 4.94. The number of benzene rings is 1. The number of nitrogens with zero attached hydrogens (tertiary/aromatic N) is 2. The third kappa shape index (κ3) is 2.15. The molecule has 0 saturated carbocycles. The van der Waals surface area contributed by atoms with Crippen LogP contribution in [0.25, 0.3) is 0 Å². The van der Waals surface area contributed by atoms with Gasteiger partial charge >= 0.3 is 0 Å². The number of halogens is 1. The first-order valence-corrected chi connectivity index (χ1v) is 6.93. The molecule has 100 valence electrons. The Balaban J connectivity index is 1.81. The predicted octanol–water partition coefficient (Wildman–Crippen LogP) is 1.97. The highest BCUT2D eigenvalue weighted by Crippen LogP contribution is 2.33. The van der Waals surface area contributed by atoms with Gasteiger partial charge in [0.25, 0.3) is 11.7 Å². The lowest BCUT2D eigenvalue weighted by atomic mass is 10.1. The van der Waals surface area contributed by atoms with Gasteiger partial charge < -0.3 is 9.80 Å². The van der Waals surface area contributed by atoms with Gasteiger partial charge in [-0.05, 0) is 38.1 Å². The molecule has 4 nitrogen and oxygen atoms in total. The summed E-state index contributed by atoms with van der Waals surface area (Å²) in [6, 6.07) is 5.21. The van der Waals surface area contributed by atoms with Crippen molar-refractivity contribution in [1.29, 1.82) is 0 Å². The van der Waals surface area contributed by atoms with Crippen molar-refractivity contribution in [1.82, 2.24) is 4.90 Å². The highest BCUT2D eigenvalue weighted by Gasteiger charge is 2.37. The fourth-order valence-corrected chi connectivity index (χ4v) is 3.03. The van der Waals surface area contributed by atoms with Crippen molar-refractivity contribution in [3.63, 3.8) is 0 Å². The highest BCUT2D eigenvalue weighted by molar-refractivity contribution is 6.55. The standard InChI is InChI=1S/C14H15ClN2O2/c15-10-4-3-5-11-12(10)13(18)14(19)17(11)9-8-16-6-1-2-7-16/h3-5H,1-2,6-9H2. The van der Waals surface area contributed by atoms with Gasteiger partial charge in [-0.15, -0.1) is 0 Å². The Morgan fingerprint density at radius 2 is 1.84 bits per heavy atom. The van der Waals surface area contributed by atoms with Crippen LogP contribution in [0.2, 0.25) is 5.02 Å². The van der Waals surface area contributed by atoms with E-state index in [2.05, 4.69) is 4.90 Å². The molecule has 0 atom stereocenters. The topological polar surface area (TPSA) is 40.6 Å². The number of amides is 1. The number of hydrogen-bond donors (Lipinski definition) is 0. The summed E-state index contributed by atoms with van der Waals surface area (Å²) in [6.45, 7) is 3.53. The Morgan fingerprint density at radius 1 is 1.11 bits per heavy atom. The second-order valence-corrected chi connectivity index (χ2v) is 5.38. The van der Waals surface area contributed by atoms with Crippen molar-refractivity contribution >= 4 is 29.0 Å². The minimum atomic E-state index is -0.484. The number of rotatable bonds is 3. The van der Waals surface area contributed by atoms with E-state index in [9.17, 15) is 9.59 Å². The minimum absolute atomic E-state index is 0.357. The van der Waals surface area contributed by atoms with Gasteiger partial charge in [-0.2, -0.15) is 0 Å². The van der Waals surface area contributed by atoms with Crippen molar-refractivity contribution in [2.24, 2.45) is 0 Å². The first-order valence-electron chi connectivity index (χ1n) is 6.55. The van der Waals surface area contributed by atoms with Crippen LogP contribution in [-0.2, 0) is 4.79 Å². The Kier molecular flexibility index (Phi) is 3.29. The van der Waals surface area contributed by atoms with Gasteiger partial charge in [-0.1, -0.05) is 17.7 Å². The normalized spacial score (nSPS) is 19.3. The van der Waals surface area contributed by atoms with Crippen molar-refractivity contribution in [2.75, 3.05) is 31.1 Å². The lowest BCUT2D eigenvalue weighted by Crippen LogP contribution is -2.37. The Labute approximate surface area is 116 Å². The molecule has 0 unspecified atom stereocenters. The average Bonchev–Trinajstić information content (AvgIpc) is 2.98. The number of ketones is 1. The number of carbonyl (C=O) groups excluding carboxylic acids is 2. The fourth-order valence-electron chi connectivity index (χ4n) is 2.77. The molecule has 1 aromatic carbocycles. The molecule has 3 rings (SSSR count). The first-order chi connectivity index (χ1) is 9.18. The molecule has 5 heteroatoms. The van der Waals surface area contributed by atoms with Gasteiger partial charge in [0.05, 0.1) is 16.3 Å². The maximum Gasteiger partial charge on any atom is 0.299 e. The predicted molar refractivity (Wildman–Crippen MR) is 73.8 cm³/mol. The average molecular weight is 279 g/mol. The number of carbonyl (C=O) groups is 2. The van der Waals surface area contributed by atoms with Crippen molar-refractivity contribution < 1.29 is 9.59 Å². The summed E-state index contributed by atoms with van der Waals surface area (Å²) in [6.07, 6.45) is 2.44. The van der Waals surface area contributed by atoms with E-state index in [4.69, 9.17) is 11.6 Å². The summed E-state index contributed by atoms with van der Waals surface area (Å²) >= 11 is 6.01. The molecule has 0 aliphatic carbocycles. The molecule has 19 heavy (non-hydrogen) atoms. The molecule has 2 aliphatic heterocycles. The van der Waals surface area contributed by atoms with Gasteiger partial charge in [-0.25, -0.2) is 0 Å².